The van der Waals surface area contributed by atoms with Crippen LogP contribution >= 0.6 is 0 Å². The molecule has 3 aliphatic rings. The summed E-state index contributed by atoms with van der Waals surface area (Å²) in [5, 5.41) is 9.27. The predicted octanol–water partition coefficient (Wildman–Crippen LogP) is 3.13. The molecule has 0 aromatic heterocycles. The number of benzene rings is 2. The summed E-state index contributed by atoms with van der Waals surface area (Å²) in [5.74, 6) is -0.0545. The van der Waals surface area contributed by atoms with Crippen molar-refractivity contribution >= 4 is 11.9 Å². The number of urea groups is 1. The lowest BCUT2D eigenvalue weighted by Crippen LogP contribution is -2.57. The van der Waals surface area contributed by atoms with Gasteiger partial charge in [0.2, 0.25) is 5.91 Å². The van der Waals surface area contributed by atoms with E-state index in [1.165, 1.54) is 11.1 Å². The fraction of sp³-hybridized carbons (Fsp3) is 0.517. The number of aryl methyl sites for hydroxylation is 1. The van der Waals surface area contributed by atoms with E-state index in [1.807, 2.05) is 35.2 Å². The van der Waals surface area contributed by atoms with E-state index in [0.29, 0.717) is 19.7 Å². The Morgan fingerprint density at radius 1 is 1.06 bits per heavy atom. The molecule has 192 valence electrons. The van der Waals surface area contributed by atoms with E-state index in [-0.39, 0.29) is 30.0 Å². The van der Waals surface area contributed by atoms with Crippen LogP contribution < -0.4 is 16.0 Å². The highest BCUT2D eigenvalue weighted by atomic mass is 16.5. The minimum atomic E-state index is -0.713. The number of likely N-dealkylation sites (tertiary alicyclic amines) is 1. The molecule has 2 fully saturated rings. The van der Waals surface area contributed by atoms with Gasteiger partial charge in [-0.05, 0) is 67.2 Å². The summed E-state index contributed by atoms with van der Waals surface area (Å²) in [4.78, 5) is 28.3. The van der Waals surface area contributed by atoms with Gasteiger partial charge in [0.1, 0.15) is 6.04 Å². The highest BCUT2D eigenvalue weighted by Crippen LogP contribution is 2.46. The SMILES string of the molecule is O=C(N[C@@H]1CCCNC1)N[C@H](COCc1ccccc1)C(=O)N1CCC2(CCc3ccccc32)CC1. The summed E-state index contributed by atoms with van der Waals surface area (Å²) in [6.07, 6.45) is 6.19. The van der Waals surface area contributed by atoms with Gasteiger partial charge in [-0.3, -0.25) is 4.79 Å². The maximum Gasteiger partial charge on any atom is 0.315 e. The van der Waals surface area contributed by atoms with Gasteiger partial charge in [0.05, 0.1) is 13.2 Å². The number of fused-ring (bicyclic) bond motifs is 2. The van der Waals surface area contributed by atoms with E-state index in [2.05, 4.69) is 40.2 Å². The summed E-state index contributed by atoms with van der Waals surface area (Å²) in [5.41, 5.74) is 4.16. The second-order valence-corrected chi connectivity index (χ2v) is 10.5. The topological polar surface area (TPSA) is 82.7 Å². The Morgan fingerprint density at radius 3 is 2.61 bits per heavy atom. The average Bonchev–Trinajstić information content (AvgIpc) is 3.27. The molecule has 7 nitrogen and oxygen atoms in total. The van der Waals surface area contributed by atoms with Crippen LogP contribution in [0.1, 0.15) is 48.8 Å². The zero-order valence-electron chi connectivity index (χ0n) is 21.0. The van der Waals surface area contributed by atoms with E-state index in [1.54, 1.807) is 0 Å². The van der Waals surface area contributed by atoms with Gasteiger partial charge in [-0.25, -0.2) is 4.79 Å². The van der Waals surface area contributed by atoms with Gasteiger partial charge in [-0.2, -0.15) is 0 Å². The molecule has 7 heteroatoms. The molecule has 2 aliphatic heterocycles. The van der Waals surface area contributed by atoms with Crippen molar-refractivity contribution in [2.45, 2.75) is 62.6 Å². The van der Waals surface area contributed by atoms with Gasteiger partial charge in [-0.15, -0.1) is 0 Å². The van der Waals surface area contributed by atoms with Gasteiger partial charge < -0.3 is 25.6 Å². The third-order valence-corrected chi connectivity index (χ3v) is 8.13. The Balaban J connectivity index is 1.21. The standard InChI is InChI=1S/C29H38N4O3/c34-27(33-17-14-29(15-18-33)13-12-23-9-4-5-11-25(23)29)26(21-36-20-22-7-2-1-3-8-22)32-28(35)31-24-10-6-16-30-19-24/h1-5,7-9,11,24,26,30H,6,10,12-21H2,(H2,31,32,35)/t24-,26-/m1/s1. The average molecular weight is 491 g/mol. The highest BCUT2D eigenvalue weighted by Gasteiger charge is 2.42. The molecule has 36 heavy (non-hydrogen) atoms. The van der Waals surface area contributed by atoms with Crippen molar-refractivity contribution in [3.63, 3.8) is 0 Å². The van der Waals surface area contributed by atoms with Crippen molar-refractivity contribution in [1.82, 2.24) is 20.9 Å². The second-order valence-electron chi connectivity index (χ2n) is 10.5. The predicted molar refractivity (Wildman–Crippen MR) is 140 cm³/mol. The quantitative estimate of drug-likeness (QED) is 0.557. The van der Waals surface area contributed by atoms with Gasteiger partial charge >= 0.3 is 6.03 Å². The van der Waals surface area contributed by atoms with E-state index in [0.717, 1.165) is 57.2 Å². The Bertz CT molecular complexity index is 1030. The molecule has 2 aromatic rings. The van der Waals surface area contributed by atoms with E-state index < -0.39 is 6.04 Å². The maximum atomic E-state index is 13.6. The molecule has 2 aromatic carbocycles. The molecule has 2 atom stereocenters. The van der Waals surface area contributed by atoms with Gasteiger partial charge in [0.25, 0.3) is 0 Å². The number of carbonyl (C=O) groups excluding carboxylic acids is 2. The smallest absolute Gasteiger partial charge is 0.315 e. The molecule has 0 bridgehead atoms. The van der Waals surface area contributed by atoms with Gasteiger partial charge in [0.15, 0.2) is 0 Å². The first-order valence-corrected chi connectivity index (χ1v) is 13.4. The zero-order valence-corrected chi connectivity index (χ0v) is 21.0. The molecular formula is C29H38N4O3. The summed E-state index contributed by atoms with van der Waals surface area (Å²) >= 11 is 0. The molecule has 0 radical (unpaired) electrons. The fourth-order valence-electron chi connectivity index (χ4n) is 6.06. The van der Waals surface area contributed by atoms with Crippen LogP contribution in [0.15, 0.2) is 54.6 Å². The minimum absolute atomic E-state index is 0.0545. The first-order chi connectivity index (χ1) is 17.6. The van der Waals surface area contributed by atoms with Crippen LogP contribution in [0.3, 0.4) is 0 Å². The van der Waals surface area contributed by atoms with Crippen molar-refractivity contribution < 1.29 is 14.3 Å². The maximum absolute atomic E-state index is 13.6. The van der Waals surface area contributed by atoms with E-state index >= 15 is 0 Å². The Hall–Kier alpha value is -2.90. The second kappa shape index (κ2) is 11.4. The summed E-state index contributed by atoms with van der Waals surface area (Å²) in [7, 11) is 0. The number of amides is 3. The molecule has 2 saturated heterocycles. The molecule has 1 aliphatic carbocycles. The van der Waals surface area contributed by atoms with E-state index in [9.17, 15) is 9.59 Å². The third kappa shape index (κ3) is 5.73. The molecule has 3 N–H and O–H groups in total. The fourth-order valence-corrected chi connectivity index (χ4v) is 6.06. The summed E-state index contributed by atoms with van der Waals surface area (Å²) < 4.78 is 5.92. The number of nitrogens with zero attached hydrogens (tertiary/aromatic N) is 1. The zero-order chi connectivity index (χ0) is 24.8. The largest absolute Gasteiger partial charge is 0.374 e. The Labute approximate surface area is 214 Å². The lowest BCUT2D eigenvalue weighted by Gasteiger charge is -2.41. The summed E-state index contributed by atoms with van der Waals surface area (Å²) in [6, 6.07) is 17.7. The van der Waals surface area contributed by atoms with Crippen LogP contribution in [0.25, 0.3) is 0 Å². The van der Waals surface area contributed by atoms with Crippen molar-refractivity contribution in [3.8, 4) is 0 Å². The molecule has 5 rings (SSSR count). The highest BCUT2D eigenvalue weighted by molar-refractivity contribution is 5.87. The lowest BCUT2D eigenvalue weighted by molar-refractivity contribution is -0.136. The molecule has 2 heterocycles. The van der Waals surface area contributed by atoms with Crippen molar-refractivity contribution in [3.05, 3.63) is 71.3 Å². The van der Waals surface area contributed by atoms with Gasteiger partial charge in [-0.1, -0.05) is 54.6 Å². The number of nitrogens with one attached hydrogen (secondary N) is 3. The van der Waals surface area contributed by atoms with E-state index in [4.69, 9.17) is 4.74 Å². The van der Waals surface area contributed by atoms with Crippen molar-refractivity contribution in [1.29, 1.82) is 0 Å². The number of hydrogen-bond donors (Lipinski definition) is 3. The van der Waals surface area contributed by atoms with Gasteiger partial charge in [0, 0.05) is 25.7 Å². The number of ether oxygens (including phenoxy) is 1. The van der Waals surface area contributed by atoms with Crippen molar-refractivity contribution in [2.75, 3.05) is 32.8 Å². The lowest BCUT2D eigenvalue weighted by atomic mass is 9.74. The Morgan fingerprint density at radius 2 is 1.83 bits per heavy atom. The minimum Gasteiger partial charge on any atom is -0.374 e. The monoisotopic (exact) mass is 490 g/mol. The van der Waals surface area contributed by atoms with Crippen LogP contribution in [-0.2, 0) is 28.0 Å². The number of carbonyl (C=O) groups is 2. The number of rotatable bonds is 7. The first-order valence-electron chi connectivity index (χ1n) is 13.4. The normalized spacial score (nSPS) is 21.6. The van der Waals surface area contributed by atoms with Crippen LogP contribution in [0, 0.1) is 0 Å². The molecule has 0 saturated carbocycles. The molecular weight excluding hydrogens is 452 g/mol. The van der Waals surface area contributed by atoms with Crippen LogP contribution in [0.5, 0.6) is 0 Å². The van der Waals surface area contributed by atoms with Crippen LogP contribution in [-0.4, -0.2) is 61.7 Å². The Kier molecular flexibility index (Phi) is 7.87. The van der Waals surface area contributed by atoms with Crippen LogP contribution in [0.2, 0.25) is 0 Å². The molecule has 1 spiro atoms. The molecule has 0 unspecified atom stereocenters. The molecule has 3 amide bonds. The number of hydrogen-bond acceptors (Lipinski definition) is 4. The van der Waals surface area contributed by atoms with Crippen molar-refractivity contribution in [2.24, 2.45) is 0 Å². The summed E-state index contributed by atoms with van der Waals surface area (Å²) in [6.45, 7) is 3.70. The number of piperidine rings is 2. The van der Waals surface area contributed by atoms with Crippen LogP contribution in [0.4, 0.5) is 4.79 Å². The first kappa shape index (κ1) is 24.8. The third-order valence-electron chi connectivity index (χ3n) is 8.13.